The van der Waals surface area contributed by atoms with Gasteiger partial charge in [0.25, 0.3) is 5.91 Å². The van der Waals surface area contributed by atoms with Gasteiger partial charge < -0.3 is 28.7 Å². The summed E-state index contributed by atoms with van der Waals surface area (Å²) in [6.07, 6.45) is 2.75. The minimum Gasteiger partial charge on any atom is -0.488 e. The smallest absolute Gasteiger partial charge is 0.257 e. The van der Waals surface area contributed by atoms with Crippen molar-refractivity contribution < 1.29 is 36.6 Å². The zero-order valence-corrected chi connectivity index (χ0v) is 28.1. The van der Waals surface area contributed by atoms with Crippen molar-refractivity contribution in [3.05, 3.63) is 60.3 Å². The monoisotopic (exact) mass is 677 g/mol. The third-order valence-electron chi connectivity index (χ3n) is 5.02. The summed E-state index contributed by atoms with van der Waals surface area (Å²) in [7, 11) is -5.99. The van der Waals surface area contributed by atoms with Crippen LogP contribution in [0.5, 0.6) is 17.2 Å². The molecule has 0 saturated carbocycles. The Balaban J connectivity index is 0.00000120. The van der Waals surface area contributed by atoms with E-state index in [4.69, 9.17) is 25.8 Å². The van der Waals surface area contributed by atoms with Gasteiger partial charge >= 0.3 is 0 Å². The standard InChI is InChI=1S/C24H30N3O7PS.C3H8ClOP.CH4/c1-17(15-32-2)33-20-12-18(24(28)25-23-10-11-27(26-23)16-35(3,4)29)13-21(14-20)34-19-6-8-22(9-7-19)36(5,30)31;1-6(2,5)3-4;/h6-14,17H,15-16H2,1-5H3,(H,25,26,28);3H2,1-2H3;1H4/t17-;;/m0../s1. The molecule has 0 unspecified atom stereocenters. The van der Waals surface area contributed by atoms with Crippen LogP contribution in [-0.2, 0) is 30.0 Å². The summed E-state index contributed by atoms with van der Waals surface area (Å²) >= 11 is 5.21. The first-order valence-corrected chi connectivity index (χ1v) is 20.7. The molecule has 0 saturated heterocycles. The minimum atomic E-state index is -3.34. The van der Waals surface area contributed by atoms with Crippen molar-refractivity contribution >= 4 is 47.4 Å². The molecule has 1 aromatic heterocycles. The molecule has 0 aliphatic heterocycles. The van der Waals surface area contributed by atoms with E-state index in [1.807, 2.05) is 6.92 Å². The van der Waals surface area contributed by atoms with Crippen LogP contribution in [0.2, 0.25) is 0 Å². The van der Waals surface area contributed by atoms with Crippen LogP contribution in [-0.4, -0.2) is 82.5 Å². The molecule has 240 valence electrons. The van der Waals surface area contributed by atoms with E-state index in [0.29, 0.717) is 35.3 Å². The van der Waals surface area contributed by atoms with Gasteiger partial charge in [0.15, 0.2) is 15.7 Å². The Bertz CT molecular complexity index is 1550. The fraction of sp³-hybridized carbons (Fsp3) is 0.429. The van der Waals surface area contributed by atoms with Gasteiger partial charge in [-0.15, -0.1) is 11.6 Å². The summed E-state index contributed by atoms with van der Waals surface area (Å²) < 4.78 is 64.3. The van der Waals surface area contributed by atoms with Gasteiger partial charge in [-0.05, 0) is 70.0 Å². The highest BCUT2D eigenvalue weighted by Crippen LogP contribution is 2.38. The number of anilines is 1. The molecule has 2 aromatic carbocycles. The average molecular weight is 678 g/mol. The Morgan fingerprint density at radius 3 is 2.09 bits per heavy atom. The van der Waals surface area contributed by atoms with Crippen LogP contribution >= 0.6 is 25.9 Å². The summed E-state index contributed by atoms with van der Waals surface area (Å²) in [6, 6.07) is 12.3. The van der Waals surface area contributed by atoms with Crippen molar-refractivity contribution in [3.8, 4) is 17.2 Å². The quantitative estimate of drug-likeness (QED) is 0.162. The van der Waals surface area contributed by atoms with E-state index < -0.39 is 30.0 Å². The van der Waals surface area contributed by atoms with Crippen LogP contribution in [0.3, 0.4) is 0 Å². The molecular weight excluding hydrogens is 636 g/mol. The van der Waals surface area contributed by atoms with E-state index in [9.17, 15) is 22.3 Å². The van der Waals surface area contributed by atoms with Crippen molar-refractivity contribution in [3.63, 3.8) is 0 Å². The highest BCUT2D eigenvalue weighted by atomic mass is 35.5. The van der Waals surface area contributed by atoms with Gasteiger partial charge in [0.1, 0.15) is 30.5 Å². The lowest BCUT2D eigenvalue weighted by Crippen LogP contribution is -2.18. The highest BCUT2D eigenvalue weighted by molar-refractivity contribution is 7.90. The molecule has 1 heterocycles. The molecule has 0 spiro atoms. The Kier molecular flexibility index (Phi) is 14.7. The minimum absolute atomic E-state index is 0. The molecule has 0 fully saturated rings. The first-order chi connectivity index (χ1) is 19.4. The molecule has 3 aromatic rings. The molecule has 43 heavy (non-hydrogen) atoms. The van der Waals surface area contributed by atoms with E-state index >= 15 is 0 Å². The number of amides is 1. The van der Waals surface area contributed by atoms with Crippen molar-refractivity contribution in [2.75, 3.05) is 57.6 Å². The number of nitrogens with one attached hydrogen (secondary N) is 1. The first-order valence-electron chi connectivity index (χ1n) is 12.7. The van der Waals surface area contributed by atoms with Gasteiger partial charge in [0.2, 0.25) is 0 Å². The molecule has 1 amide bonds. The second-order valence-electron chi connectivity index (χ2n) is 10.5. The SMILES string of the molecule is C.COC[C@H](C)Oc1cc(Oc2ccc(S(C)(=O)=O)cc2)cc(C(=O)Nc2ccn(CP(C)(C)=O)n2)c1.CP(C)(=O)CCl. The van der Waals surface area contributed by atoms with Crippen LogP contribution in [0.4, 0.5) is 5.82 Å². The molecule has 15 heteroatoms. The Hall–Kier alpha value is -2.62. The highest BCUT2D eigenvalue weighted by Gasteiger charge is 2.16. The normalized spacial score (nSPS) is 12.3. The number of halogens is 1. The largest absolute Gasteiger partial charge is 0.488 e. The summed E-state index contributed by atoms with van der Waals surface area (Å²) in [5.74, 6) is 0.958. The fourth-order valence-electron chi connectivity index (χ4n) is 3.27. The third-order valence-corrected chi connectivity index (χ3v) is 9.43. The van der Waals surface area contributed by atoms with Crippen LogP contribution in [0, 0.1) is 0 Å². The topological polar surface area (TPSA) is 143 Å². The van der Waals surface area contributed by atoms with Crippen LogP contribution in [0.15, 0.2) is 59.6 Å². The van der Waals surface area contributed by atoms with Gasteiger partial charge in [-0.3, -0.25) is 9.48 Å². The predicted molar refractivity (Wildman–Crippen MR) is 175 cm³/mol. The molecule has 0 aliphatic carbocycles. The van der Waals surface area contributed by atoms with Crippen LogP contribution < -0.4 is 14.8 Å². The molecular formula is C28H42ClN3O8P2S. The van der Waals surface area contributed by atoms with Gasteiger partial charge in [-0.25, -0.2) is 8.42 Å². The summed E-state index contributed by atoms with van der Waals surface area (Å²) in [6.45, 7) is 8.84. The number of nitrogens with zero attached hydrogens (tertiary/aromatic N) is 2. The number of methoxy groups -OCH3 is 1. The second-order valence-corrected chi connectivity index (χ2v) is 20.1. The second kappa shape index (κ2) is 16.5. The lowest BCUT2D eigenvalue weighted by atomic mass is 10.2. The van der Waals surface area contributed by atoms with E-state index in [1.165, 1.54) is 35.0 Å². The van der Waals surface area contributed by atoms with Crippen LogP contribution in [0.25, 0.3) is 0 Å². The fourth-order valence-corrected chi connectivity index (χ4v) is 4.75. The lowest BCUT2D eigenvalue weighted by Gasteiger charge is -2.16. The molecule has 11 nitrogen and oxygen atoms in total. The van der Waals surface area contributed by atoms with Crippen molar-refractivity contribution in [1.82, 2.24) is 9.78 Å². The van der Waals surface area contributed by atoms with E-state index in [0.717, 1.165) is 6.26 Å². The Morgan fingerprint density at radius 1 is 1.00 bits per heavy atom. The number of rotatable bonds is 12. The van der Waals surface area contributed by atoms with E-state index in [2.05, 4.69) is 10.4 Å². The van der Waals surface area contributed by atoms with Gasteiger partial charge in [-0.1, -0.05) is 7.43 Å². The maximum atomic E-state index is 13.0. The van der Waals surface area contributed by atoms with Crippen molar-refractivity contribution in [2.24, 2.45) is 0 Å². The van der Waals surface area contributed by atoms with Gasteiger partial charge in [0, 0.05) is 37.3 Å². The summed E-state index contributed by atoms with van der Waals surface area (Å²) in [5.41, 5.74) is 0.554. The number of carbonyl (C=O) groups is 1. The average Bonchev–Trinajstić information content (AvgIpc) is 3.28. The number of hydrogen-bond donors (Lipinski definition) is 1. The summed E-state index contributed by atoms with van der Waals surface area (Å²) in [5, 5.41) is 6.98. The summed E-state index contributed by atoms with van der Waals surface area (Å²) in [4.78, 5) is 13.2. The number of benzene rings is 2. The molecule has 3 rings (SSSR count). The number of alkyl halides is 1. The zero-order valence-electron chi connectivity index (χ0n) is 24.7. The molecule has 0 bridgehead atoms. The lowest BCUT2D eigenvalue weighted by molar-refractivity contribution is 0.0915. The molecule has 0 radical (unpaired) electrons. The van der Waals surface area contributed by atoms with Crippen molar-refractivity contribution in [1.29, 1.82) is 0 Å². The third kappa shape index (κ3) is 14.6. The van der Waals surface area contributed by atoms with Gasteiger partial charge in [0.05, 0.1) is 30.6 Å². The molecule has 1 atom stereocenters. The number of sulfone groups is 1. The Morgan fingerprint density at radius 2 is 1.58 bits per heavy atom. The van der Waals surface area contributed by atoms with E-state index in [-0.39, 0.29) is 30.3 Å². The zero-order chi connectivity index (χ0) is 31.7. The maximum absolute atomic E-state index is 13.0. The molecule has 1 N–H and O–H groups in total. The van der Waals surface area contributed by atoms with Crippen LogP contribution in [0.1, 0.15) is 24.7 Å². The van der Waals surface area contributed by atoms with E-state index in [1.54, 1.807) is 58.2 Å². The first kappa shape index (κ1) is 38.4. The van der Waals surface area contributed by atoms with Crippen molar-refractivity contribution in [2.45, 2.75) is 31.6 Å². The predicted octanol–water partition coefficient (Wildman–Crippen LogP) is 6.77. The number of hydrogen-bond acceptors (Lipinski definition) is 9. The molecule has 0 aliphatic rings. The number of carbonyl (C=O) groups excluding carboxylic acids is 1. The Labute approximate surface area is 259 Å². The number of ether oxygens (including phenoxy) is 3. The van der Waals surface area contributed by atoms with Gasteiger partial charge in [-0.2, -0.15) is 5.10 Å². The number of aromatic nitrogens is 2. The maximum Gasteiger partial charge on any atom is 0.257 e.